The Morgan fingerprint density at radius 3 is 3.11 bits per heavy atom. The van der Waals surface area contributed by atoms with E-state index < -0.39 is 0 Å². The van der Waals surface area contributed by atoms with E-state index in [4.69, 9.17) is 4.74 Å². The van der Waals surface area contributed by atoms with Gasteiger partial charge in [-0.3, -0.25) is 0 Å². The van der Waals surface area contributed by atoms with Gasteiger partial charge in [0.1, 0.15) is 24.0 Å². The molecular formula is C14H18N4O. The molecule has 1 aliphatic heterocycles. The summed E-state index contributed by atoms with van der Waals surface area (Å²) in [7, 11) is 1.96. The lowest BCUT2D eigenvalue weighted by molar-refractivity contribution is 0.228. The van der Waals surface area contributed by atoms with Gasteiger partial charge in [0.25, 0.3) is 0 Å². The summed E-state index contributed by atoms with van der Waals surface area (Å²) in [6.45, 7) is 1.76. The van der Waals surface area contributed by atoms with Gasteiger partial charge in [0.2, 0.25) is 0 Å². The molecule has 0 radical (unpaired) electrons. The first-order valence-corrected chi connectivity index (χ1v) is 6.61. The molecule has 0 saturated carbocycles. The standard InChI is InChI=1S/C14H18N4O/c1-18-10-16-17-14(18)6-7-15-9-12-8-11-4-2-3-5-13(11)19-12/h2-5,10,12,15H,6-9H2,1H3. The first kappa shape index (κ1) is 12.2. The summed E-state index contributed by atoms with van der Waals surface area (Å²) in [5.41, 5.74) is 1.31. The summed E-state index contributed by atoms with van der Waals surface area (Å²) in [6.07, 6.45) is 3.85. The minimum atomic E-state index is 0.247. The van der Waals surface area contributed by atoms with E-state index in [-0.39, 0.29) is 6.10 Å². The van der Waals surface area contributed by atoms with Crippen LogP contribution in [0.3, 0.4) is 0 Å². The zero-order valence-corrected chi connectivity index (χ0v) is 11.0. The second kappa shape index (κ2) is 5.40. The average Bonchev–Trinajstić information content (AvgIpc) is 3.00. The maximum absolute atomic E-state index is 5.87. The fraction of sp³-hybridized carbons (Fsp3) is 0.429. The third kappa shape index (κ3) is 2.76. The van der Waals surface area contributed by atoms with Crippen LogP contribution in [0.1, 0.15) is 11.4 Å². The minimum absolute atomic E-state index is 0.247. The fourth-order valence-corrected chi connectivity index (χ4v) is 2.36. The van der Waals surface area contributed by atoms with Gasteiger partial charge < -0.3 is 14.6 Å². The molecule has 2 aromatic rings. The molecule has 0 spiro atoms. The van der Waals surface area contributed by atoms with E-state index in [0.29, 0.717) is 0 Å². The number of aromatic nitrogens is 3. The molecule has 0 fully saturated rings. The van der Waals surface area contributed by atoms with Crippen molar-refractivity contribution in [2.45, 2.75) is 18.9 Å². The number of hydrogen-bond acceptors (Lipinski definition) is 4. The highest BCUT2D eigenvalue weighted by Crippen LogP contribution is 2.27. The molecule has 5 nitrogen and oxygen atoms in total. The first-order valence-electron chi connectivity index (χ1n) is 6.61. The predicted octanol–water partition coefficient (Wildman–Crippen LogP) is 0.951. The van der Waals surface area contributed by atoms with Gasteiger partial charge in [0.05, 0.1) is 0 Å². The van der Waals surface area contributed by atoms with Crippen LogP contribution in [-0.2, 0) is 19.9 Å². The first-order chi connectivity index (χ1) is 9.33. The van der Waals surface area contributed by atoms with E-state index >= 15 is 0 Å². The number of benzene rings is 1. The Hall–Kier alpha value is -1.88. The highest BCUT2D eigenvalue weighted by molar-refractivity contribution is 5.37. The van der Waals surface area contributed by atoms with Gasteiger partial charge in [-0.25, -0.2) is 0 Å². The Balaban J connectivity index is 1.42. The van der Waals surface area contributed by atoms with Crippen LogP contribution in [0.4, 0.5) is 0 Å². The molecule has 19 heavy (non-hydrogen) atoms. The van der Waals surface area contributed by atoms with Crippen LogP contribution in [0, 0.1) is 0 Å². The molecule has 3 rings (SSSR count). The number of para-hydroxylation sites is 1. The number of rotatable bonds is 5. The summed E-state index contributed by atoms with van der Waals surface area (Å²) in [5, 5.41) is 11.3. The van der Waals surface area contributed by atoms with E-state index in [2.05, 4.69) is 27.6 Å². The minimum Gasteiger partial charge on any atom is -0.488 e. The van der Waals surface area contributed by atoms with Gasteiger partial charge in [-0.15, -0.1) is 10.2 Å². The largest absolute Gasteiger partial charge is 0.488 e. The molecule has 1 unspecified atom stereocenters. The smallest absolute Gasteiger partial charge is 0.133 e. The highest BCUT2D eigenvalue weighted by Gasteiger charge is 2.21. The quantitative estimate of drug-likeness (QED) is 0.811. The van der Waals surface area contributed by atoms with Gasteiger partial charge >= 0.3 is 0 Å². The fourth-order valence-electron chi connectivity index (χ4n) is 2.36. The van der Waals surface area contributed by atoms with E-state index in [9.17, 15) is 0 Å². The Labute approximate surface area is 112 Å². The number of nitrogens with one attached hydrogen (secondary N) is 1. The molecule has 5 heteroatoms. The van der Waals surface area contributed by atoms with Gasteiger partial charge in [-0.05, 0) is 11.6 Å². The summed E-state index contributed by atoms with van der Waals surface area (Å²) in [4.78, 5) is 0. The number of fused-ring (bicyclic) bond motifs is 1. The van der Waals surface area contributed by atoms with E-state index in [1.165, 1.54) is 5.56 Å². The summed E-state index contributed by atoms with van der Waals surface area (Å²) >= 11 is 0. The molecule has 100 valence electrons. The second-order valence-electron chi connectivity index (χ2n) is 4.86. The molecule has 1 aliphatic rings. The van der Waals surface area contributed by atoms with Crippen molar-refractivity contribution >= 4 is 0 Å². The zero-order chi connectivity index (χ0) is 13.1. The monoisotopic (exact) mass is 258 g/mol. The molecule has 0 amide bonds. The van der Waals surface area contributed by atoms with Crippen LogP contribution < -0.4 is 10.1 Å². The van der Waals surface area contributed by atoms with Crippen LogP contribution in [0.15, 0.2) is 30.6 Å². The van der Waals surface area contributed by atoms with Gasteiger partial charge in [-0.1, -0.05) is 18.2 Å². The lowest BCUT2D eigenvalue weighted by Gasteiger charge is -2.11. The maximum Gasteiger partial charge on any atom is 0.133 e. The topological polar surface area (TPSA) is 52.0 Å². The van der Waals surface area contributed by atoms with Gasteiger partial charge in [0.15, 0.2) is 0 Å². The van der Waals surface area contributed by atoms with Crippen molar-refractivity contribution in [3.8, 4) is 5.75 Å². The van der Waals surface area contributed by atoms with Crippen LogP contribution >= 0.6 is 0 Å². The number of ether oxygens (including phenoxy) is 1. The van der Waals surface area contributed by atoms with Gasteiger partial charge in [0, 0.05) is 33.0 Å². The molecule has 1 aromatic heterocycles. The molecule has 1 atom stereocenters. The van der Waals surface area contributed by atoms with Crippen molar-refractivity contribution in [3.05, 3.63) is 42.0 Å². The molecule has 2 heterocycles. The Bertz CT molecular complexity index is 527. The number of hydrogen-bond donors (Lipinski definition) is 1. The van der Waals surface area contributed by atoms with E-state index in [1.807, 2.05) is 23.7 Å². The number of aryl methyl sites for hydroxylation is 1. The van der Waals surface area contributed by atoms with E-state index in [1.54, 1.807) is 6.33 Å². The second-order valence-corrected chi connectivity index (χ2v) is 4.86. The molecule has 0 bridgehead atoms. The maximum atomic E-state index is 5.87. The van der Waals surface area contributed by atoms with Crippen molar-refractivity contribution in [1.82, 2.24) is 20.1 Å². The van der Waals surface area contributed by atoms with Crippen LogP contribution in [-0.4, -0.2) is 34.0 Å². The van der Waals surface area contributed by atoms with Crippen molar-refractivity contribution in [3.63, 3.8) is 0 Å². The normalized spacial score (nSPS) is 17.2. The van der Waals surface area contributed by atoms with Crippen molar-refractivity contribution < 1.29 is 4.74 Å². The highest BCUT2D eigenvalue weighted by atomic mass is 16.5. The van der Waals surface area contributed by atoms with Gasteiger partial charge in [-0.2, -0.15) is 0 Å². The molecule has 1 aromatic carbocycles. The molecule has 0 aliphatic carbocycles. The van der Waals surface area contributed by atoms with E-state index in [0.717, 1.165) is 37.5 Å². The third-order valence-electron chi connectivity index (χ3n) is 3.42. The Kier molecular flexibility index (Phi) is 3.46. The average molecular weight is 258 g/mol. The lowest BCUT2D eigenvalue weighted by Crippen LogP contribution is -2.31. The van der Waals surface area contributed by atoms with Crippen LogP contribution in [0.25, 0.3) is 0 Å². The van der Waals surface area contributed by atoms with Crippen LogP contribution in [0.2, 0.25) is 0 Å². The van der Waals surface area contributed by atoms with Crippen molar-refractivity contribution in [1.29, 1.82) is 0 Å². The molecule has 0 saturated heterocycles. The van der Waals surface area contributed by atoms with Crippen molar-refractivity contribution in [2.75, 3.05) is 13.1 Å². The summed E-state index contributed by atoms with van der Waals surface area (Å²) in [6, 6.07) is 8.25. The Morgan fingerprint density at radius 1 is 1.42 bits per heavy atom. The third-order valence-corrected chi connectivity index (χ3v) is 3.42. The number of nitrogens with zero attached hydrogens (tertiary/aromatic N) is 3. The SMILES string of the molecule is Cn1cnnc1CCNCC1Cc2ccccc2O1. The van der Waals surface area contributed by atoms with Crippen molar-refractivity contribution in [2.24, 2.45) is 7.05 Å². The Morgan fingerprint density at radius 2 is 2.32 bits per heavy atom. The zero-order valence-electron chi connectivity index (χ0n) is 11.0. The molecular weight excluding hydrogens is 240 g/mol. The van der Waals surface area contributed by atoms with Crippen LogP contribution in [0.5, 0.6) is 5.75 Å². The summed E-state index contributed by atoms with van der Waals surface area (Å²) < 4.78 is 7.82. The summed E-state index contributed by atoms with van der Waals surface area (Å²) in [5.74, 6) is 2.03. The lowest BCUT2D eigenvalue weighted by atomic mass is 10.1. The predicted molar refractivity (Wildman–Crippen MR) is 72.1 cm³/mol. The molecule has 1 N–H and O–H groups in total.